The highest BCUT2D eigenvalue weighted by molar-refractivity contribution is 5.87. The molecule has 23 atom stereocenters. The number of hydrogen-bond acceptors (Lipinski definition) is 17. The lowest BCUT2D eigenvalue weighted by atomic mass is 9.41. The van der Waals surface area contributed by atoms with E-state index < -0.39 is 126 Å². The summed E-state index contributed by atoms with van der Waals surface area (Å²) >= 11 is 0. The van der Waals surface area contributed by atoms with Gasteiger partial charge in [-0.25, -0.2) is 4.79 Å². The van der Waals surface area contributed by atoms with Gasteiger partial charge in [0.25, 0.3) is 0 Å². The van der Waals surface area contributed by atoms with Crippen LogP contribution in [0.25, 0.3) is 6.08 Å². The number of methoxy groups -OCH3 is 3. The number of ketones is 1. The molecule has 17 heteroatoms. The SMILES string of the molecule is CO[C@H]1[C@@H](O)[C@H](O[C@H]2[C@@H](OC)C[C@H](O[C@H]3[C@@H](OC)CC(O[C@H]4CC[C@@]5(C)C(CCC6C5[C@H](OC(C)=O)[C@@H](OC(=O)/C=C/c5ccccc5)[C@]5(C)[C@@H](C(C)=O)CC[C@]65O)C4)O[C@@H]3C)O[C@@H]2C)O[C@H](C)[C@H]1O. The van der Waals surface area contributed by atoms with Crippen molar-refractivity contribution in [3.63, 3.8) is 0 Å². The second-order valence-electron chi connectivity index (χ2n) is 21.7. The topological polar surface area (TPSA) is 213 Å². The summed E-state index contributed by atoms with van der Waals surface area (Å²) in [7, 11) is 4.64. The van der Waals surface area contributed by atoms with Crippen LogP contribution in [0.1, 0.15) is 112 Å². The van der Waals surface area contributed by atoms with Crippen LogP contribution in [-0.2, 0) is 66.5 Å². The van der Waals surface area contributed by atoms with E-state index in [1.54, 1.807) is 27.2 Å². The Balaban J connectivity index is 0.935. The molecule has 4 aliphatic carbocycles. The lowest BCUT2D eigenvalue weighted by molar-refractivity contribution is -0.352. The van der Waals surface area contributed by atoms with E-state index in [1.165, 1.54) is 27.0 Å². The summed E-state index contributed by atoms with van der Waals surface area (Å²) < 4.78 is 68.5. The van der Waals surface area contributed by atoms with Crippen molar-refractivity contribution in [3.05, 3.63) is 42.0 Å². The molecule has 0 spiro atoms. The van der Waals surface area contributed by atoms with Crippen LogP contribution in [0, 0.1) is 34.5 Å². The Labute approximate surface area is 412 Å². The van der Waals surface area contributed by atoms with Crippen LogP contribution >= 0.6 is 0 Å². The quantitative estimate of drug-likeness (QED) is 0.126. The Morgan fingerprint density at radius 2 is 1.34 bits per heavy atom. The summed E-state index contributed by atoms with van der Waals surface area (Å²) in [5.41, 5.74) is -2.19. The fraction of sp³-hybridized carbons (Fsp3) is 0.792. The Hall–Kier alpha value is -2.91. The van der Waals surface area contributed by atoms with E-state index in [2.05, 4.69) is 6.92 Å². The van der Waals surface area contributed by atoms with Gasteiger partial charge < -0.3 is 67.4 Å². The van der Waals surface area contributed by atoms with Crippen LogP contribution in [0.4, 0.5) is 0 Å². The zero-order valence-corrected chi connectivity index (χ0v) is 42.5. The Bertz CT molecular complexity index is 2000. The molecule has 4 saturated carbocycles. The number of ether oxygens (including phenoxy) is 11. The third kappa shape index (κ3) is 9.93. The van der Waals surface area contributed by atoms with Crippen molar-refractivity contribution in [2.75, 3.05) is 21.3 Å². The van der Waals surface area contributed by atoms with E-state index in [9.17, 15) is 29.7 Å². The number of aliphatic hydroxyl groups excluding tert-OH is 2. The number of esters is 2. The molecule has 7 fully saturated rings. The van der Waals surface area contributed by atoms with Gasteiger partial charge in [0.15, 0.2) is 18.9 Å². The van der Waals surface area contributed by atoms with Gasteiger partial charge in [0.05, 0.1) is 42.2 Å². The van der Waals surface area contributed by atoms with Gasteiger partial charge in [-0.1, -0.05) is 44.2 Å². The highest BCUT2D eigenvalue weighted by Gasteiger charge is 2.76. The molecule has 0 bridgehead atoms. The third-order valence-corrected chi connectivity index (χ3v) is 17.9. The zero-order chi connectivity index (χ0) is 50.4. The van der Waals surface area contributed by atoms with E-state index in [-0.39, 0.29) is 29.6 Å². The summed E-state index contributed by atoms with van der Waals surface area (Å²) in [5, 5.41) is 34.5. The molecular formula is C53H78O17. The number of aliphatic hydroxyl groups is 3. The predicted molar refractivity (Wildman–Crippen MR) is 250 cm³/mol. The molecule has 8 rings (SSSR count). The molecule has 0 aromatic heterocycles. The average molecular weight is 987 g/mol. The van der Waals surface area contributed by atoms with E-state index in [4.69, 9.17) is 52.1 Å². The molecule has 70 heavy (non-hydrogen) atoms. The molecule has 0 amide bonds. The van der Waals surface area contributed by atoms with E-state index in [0.29, 0.717) is 51.4 Å². The lowest BCUT2D eigenvalue weighted by Crippen LogP contribution is -2.73. The first kappa shape index (κ1) is 53.4. The standard InChI is InChI=1S/C53H78O17/c1-27(54)35-21-23-53(59)36-18-17-33-24-34(20-22-51(33,6)42(36)47(66-31(5)55)49(52(35,53)7)68-39(56)19-16-32-14-12-11-13-15-32)67-40-25-37(60-8)45(29(3)63-40)69-41-26-38(61-9)46(30(4)64-41)70-50-44(58)48(62-10)43(57)28(2)65-50/h11-16,19,28-30,33-38,40-50,57-59H,17-18,20-26H2,1-10H3/b19-16+/t28-,29-,30-,33?,34+,35-,36?,37+,38+,40?,41+,42?,43-,44-,45-,46-,47+,48-,49-,50+,51+,52+,53+/m1/s1. The van der Waals surface area contributed by atoms with Crippen LogP contribution in [0.3, 0.4) is 0 Å². The number of carbonyl (C=O) groups is 3. The maximum atomic E-state index is 13.8. The molecule has 3 saturated heterocycles. The van der Waals surface area contributed by atoms with Crippen LogP contribution in [0.15, 0.2) is 36.4 Å². The van der Waals surface area contributed by atoms with Gasteiger partial charge in [-0.05, 0) is 102 Å². The minimum Gasteiger partial charge on any atom is -0.458 e. The first-order chi connectivity index (χ1) is 33.3. The third-order valence-electron chi connectivity index (χ3n) is 17.9. The van der Waals surface area contributed by atoms with Crippen molar-refractivity contribution in [2.45, 2.75) is 210 Å². The monoisotopic (exact) mass is 987 g/mol. The molecule has 17 nitrogen and oxygen atoms in total. The van der Waals surface area contributed by atoms with Crippen molar-refractivity contribution < 1.29 is 81.8 Å². The van der Waals surface area contributed by atoms with E-state index >= 15 is 0 Å². The lowest BCUT2D eigenvalue weighted by Gasteiger charge is -2.66. The fourth-order valence-electron chi connectivity index (χ4n) is 14.3. The minimum absolute atomic E-state index is 0.0903. The van der Waals surface area contributed by atoms with Gasteiger partial charge in [-0.3, -0.25) is 9.59 Å². The van der Waals surface area contributed by atoms with Crippen LogP contribution in [-0.4, -0.2) is 158 Å². The molecule has 4 unspecified atom stereocenters. The first-order valence-corrected chi connectivity index (χ1v) is 25.5. The van der Waals surface area contributed by atoms with Gasteiger partial charge in [0.2, 0.25) is 0 Å². The number of fused-ring (bicyclic) bond motifs is 5. The van der Waals surface area contributed by atoms with Crippen molar-refractivity contribution in [1.29, 1.82) is 0 Å². The van der Waals surface area contributed by atoms with Gasteiger partial charge in [0.1, 0.15) is 48.5 Å². The minimum atomic E-state index is -1.35. The van der Waals surface area contributed by atoms with Gasteiger partial charge in [0, 0.05) is 64.4 Å². The number of hydrogen-bond donors (Lipinski definition) is 3. The van der Waals surface area contributed by atoms with Gasteiger partial charge >= 0.3 is 11.9 Å². The largest absolute Gasteiger partial charge is 0.458 e. The Morgan fingerprint density at radius 1 is 0.700 bits per heavy atom. The molecule has 0 radical (unpaired) electrons. The molecule has 7 aliphatic rings. The Morgan fingerprint density at radius 3 is 1.96 bits per heavy atom. The van der Waals surface area contributed by atoms with Gasteiger partial charge in [-0.15, -0.1) is 0 Å². The smallest absolute Gasteiger partial charge is 0.331 e. The van der Waals surface area contributed by atoms with Gasteiger partial charge in [-0.2, -0.15) is 0 Å². The molecular weight excluding hydrogens is 909 g/mol. The molecule has 1 aromatic rings. The van der Waals surface area contributed by atoms with Crippen LogP contribution in [0.5, 0.6) is 0 Å². The summed E-state index contributed by atoms with van der Waals surface area (Å²) in [6.45, 7) is 12.4. The maximum Gasteiger partial charge on any atom is 0.331 e. The Kier molecular flexibility index (Phi) is 16.4. The van der Waals surface area contributed by atoms with Crippen molar-refractivity contribution in [2.24, 2.45) is 34.5 Å². The normalized spacial score (nSPS) is 47.2. The molecule has 3 aliphatic heterocycles. The number of benzene rings is 1. The zero-order valence-electron chi connectivity index (χ0n) is 42.5. The van der Waals surface area contributed by atoms with Crippen molar-refractivity contribution in [1.82, 2.24) is 0 Å². The average Bonchev–Trinajstić information content (AvgIpc) is 3.61. The van der Waals surface area contributed by atoms with Crippen molar-refractivity contribution in [3.8, 4) is 0 Å². The summed E-state index contributed by atoms with van der Waals surface area (Å²) in [6, 6.07) is 9.38. The molecule has 3 N–H and O–H groups in total. The van der Waals surface area contributed by atoms with E-state index in [1.807, 2.05) is 51.1 Å². The summed E-state index contributed by atoms with van der Waals surface area (Å²) in [6.07, 6.45) is -3.20. The molecule has 392 valence electrons. The fourth-order valence-corrected chi connectivity index (χ4v) is 14.3. The van der Waals surface area contributed by atoms with Crippen molar-refractivity contribution >= 4 is 23.8 Å². The predicted octanol–water partition coefficient (Wildman–Crippen LogP) is 5.06. The number of rotatable bonds is 14. The highest BCUT2D eigenvalue weighted by Crippen LogP contribution is 2.70. The summed E-state index contributed by atoms with van der Waals surface area (Å²) in [5.74, 6) is -2.40. The highest BCUT2D eigenvalue weighted by atomic mass is 16.8. The van der Waals surface area contributed by atoms with E-state index in [0.717, 1.165) is 12.0 Å². The first-order valence-electron chi connectivity index (χ1n) is 25.5. The maximum absolute atomic E-state index is 13.8. The second kappa shape index (κ2) is 21.5. The summed E-state index contributed by atoms with van der Waals surface area (Å²) in [4.78, 5) is 40.4. The van der Waals surface area contributed by atoms with Crippen LogP contribution in [0.2, 0.25) is 0 Å². The van der Waals surface area contributed by atoms with Crippen LogP contribution < -0.4 is 0 Å². The second-order valence-corrected chi connectivity index (χ2v) is 21.7. The number of carbonyl (C=O) groups excluding carboxylic acids is 3. The molecule has 3 heterocycles. The molecule has 1 aromatic carbocycles. The number of Topliss-reactive ketones (excluding diaryl/α,β-unsaturated/α-hetero) is 1.